The van der Waals surface area contributed by atoms with E-state index in [1.807, 2.05) is 45.9 Å². The number of hydrogen-bond donors (Lipinski definition) is 0. The SMILES string of the molecule is CC(=O)[C@@H](OC(C)(C)C)c1c(C)cc2c(ccc(=O)n2Cc2cncc(C(F)(F)F)c2)c1-c1ccc2c3c(ccnc13)CCO2. The molecule has 3 aromatic heterocycles. The molecule has 2 aromatic carbocycles. The fourth-order valence-electron chi connectivity index (χ4n) is 6.09. The highest BCUT2D eigenvalue weighted by molar-refractivity contribution is 6.08. The third kappa shape index (κ3) is 5.70. The van der Waals surface area contributed by atoms with Gasteiger partial charge < -0.3 is 14.0 Å². The van der Waals surface area contributed by atoms with E-state index in [2.05, 4.69) is 4.98 Å². The third-order valence-electron chi connectivity index (χ3n) is 7.95. The van der Waals surface area contributed by atoms with Crippen LogP contribution in [0, 0.1) is 6.92 Å². The molecule has 1 atom stereocenters. The number of aromatic nitrogens is 3. The van der Waals surface area contributed by atoms with Crippen molar-refractivity contribution >= 4 is 27.6 Å². The van der Waals surface area contributed by atoms with Crippen LogP contribution in [0.4, 0.5) is 13.2 Å². The van der Waals surface area contributed by atoms with Gasteiger partial charge in [0.1, 0.15) is 11.9 Å². The van der Waals surface area contributed by atoms with Crippen LogP contribution in [0.3, 0.4) is 0 Å². The number of carbonyl (C=O) groups excluding carboxylic acids is 1. The maximum atomic E-state index is 13.5. The third-order valence-corrected chi connectivity index (χ3v) is 7.95. The van der Waals surface area contributed by atoms with Crippen molar-refractivity contribution in [3.63, 3.8) is 0 Å². The molecule has 1 aliphatic rings. The molecule has 0 saturated carbocycles. The van der Waals surface area contributed by atoms with Gasteiger partial charge in [-0.05, 0) is 98.8 Å². The molecule has 6 rings (SSSR count). The normalized spacial score (nSPS) is 14.0. The minimum atomic E-state index is -4.58. The van der Waals surface area contributed by atoms with Crippen LogP contribution in [-0.4, -0.2) is 32.5 Å². The van der Waals surface area contributed by atoms with Crippen LogP contribution >= 0.6 is 0 Å². The lowest BCUT2D eigenvalue weighted by molar-refractivity contribution is -0.139. The summed E-state index contributed by atoms with van der Waals surface area (Å²) >= 11 is 0. The number of benzene rings is 2. The van der Waals surface area contributed by atoms with Crippen molar-refractivity contribution in [1.29, 1.82) is 0 Å². The molecule has 0 saturated heterocycles. The summed E-state index contributed by atoms with van der Waals surface area (Å²) in [7, 11) is 0. The predicted octanol–water partition coefficient (Wildman–Crippen LogP) is 7.37. The average molecular weight is 616 g/mol. The molecule has 0 unspecified atom stereocenters. The highest BCUT2D eigenvalue weighted by Crippen LogP contribution is 2.45. The molecule has 232 valence electrons. The number of Topliss-reactive ketones (excluding diaryl/α,β-unsaturated/α-hetero) is 1. The maximum absolute atomic E-state index is 13.5. The first kappa shape index (κ1) is 30.5. The first-order chi connectivity index (χ1) is 21.2. The summed E-state index contributed by atoms with van der Waals surface area (Å²) in [6.07, 6.45) is -0.980. The molecular weight excluding hydrogens is 583 g/mol. The van der Waals surface area contributed by atoms with E-state index in [1.165, 1.54) is 23.8 Å². The number of ether oxygens (including phenoxy) is 2. The van der Waals surface area contributed by atoms with E-state index in [1.54, 1.807) is 18.3 Å². The highest BCUT2D eigenvalue weighted by Gasteiger charge is 2.33. The Morgan fingerprint density at radius 2 is 1.87 bits per heavy atom. The van der Waals surface area contributed by atoms with Crippen LogP contribution in [-0.2, 0) is 28.7 Å². The zero-order chi connectivity index (χ0) is 32.3. The van der Waals surface area contributed by atoms with Crippen LogP contribution in [0.15, 0.2) is 65.8 Å². The molecule has 45 heavy (non-hydrogen) atoms. The first-order valence-corrected chi connectivity index (χ1v) is 14.6. The van der Waals surface area contributed by atoms with Gasteiger partial charge in [0.05, 0.1) is 35.3 Å². The molecule has 4 heterocycles. The molecule has 0 spiro atoms. The lowest BCUT2D eigenvalue weighted by Crippen LogP contribution is -2.27. The quantitative estimate of drug-likeness (QED) is 0.198. The van der Waals surface area contributed by atoms with Gasteiger partial charge in [-0.25, -0.2) is 0 Å². The van der Waals surface area contributed by atoms with E-state index in [0.717, 1.165) is 28.8 Å². The second kappa shape index (κ2) is 11.1. The second-order valence-electron chi connectivity index (χ2n) is 12.4. The second-order valence-corrected chi connectivity index (χ2v) is 12.4. The fraction of sp³-hybridized carbons (Fsp3) is 0.314. The Balaban J connectivity index is 1.69. The van der Waals surface area contributed by atoms with Crippen molar-refractivity contribution in [3.8, 4) is 16.9 Å². The van der Waals surface area contributed by atoms with E-state index >= 15 is 0 Å². The summed E-state index contributed by atoms with van der Waals surface area (Å²) in [4.78, 5) is 35.2. The van der Waals surface area contributed by atoms with Gasteiger partial charge in [0.25, 0.3) is 5.56 Å². The number of rotatable bonds is 6. The number of halogens is 3. The minimum absolute atomic E-state index is 0.143. The topological polar surface area (TPSA) is 83.3 Å². The van der Waals surface area contributed by atoms with Crippen molar-refractivity contribution in [2.45, 2.75) is 65.5 Å². The summed E-state index contributed by atoms with van der Waals surface area (Å²) in [6, 6.07) is 11.6. The van der Waals surface area contributed by atoms with Gasteiger partial charge >= 0.3 is 6.18 Å². The van der Waals surface area contributed by atoms with E-state index in [0.29, 0.717) is 51.9 Å². The minimum Gasteiger partial charge on any atom is -0.493 e. The van der Waals surface area contributed by atoms with Gasteiger partial charge in [-0.2, -0.15) is 13.2 Å². The van der Waals surface area contributed by atoms with Crippen molar-refractivity contribution in [2.24, 2.45) is 0 Å². The van der Waals surface area contributed by atoms with Gasteiger partial charge in [-0.3, -0.25) is 19.6 Å². The number of fused-ring (bicyclic) bond motifs is 1. The Kier molecular flexibility index (Phi) is 7.51. The first-order valence-electron chi connectivity index (χ1n) is 14.6. The Bertz CT molecular complexity index is 2030. The van der Waals surface area contributed by atoms with Crippen molar-refractivity contribution in [2.75, 3.05) is 6.61 Å². The van der Waals surface area contributed by atoms with Gasteiger partial charge in [0.2, 0.25) is 0 Å². The molecule has 7 nitrogen and oxygen atoms in total. The predicted molar refractivity (Wildman–Crippen MR) is 165 cm³/mol. The van der Waals surface area contributed by atoms with Gasteiger partial charge in [-0.15, -0.1) is 0 Å². The summed E-state index contributed by atoms with van der Waals surface area (Å²) in [5.41, 5.74) is 3.22. The standard InChI is InChI=1S/C35H32F3N3O4/c1-19-14-26-24(7-9-28(43)41(26)18-21-15-23(17-39-16-21)35(36,37)38)31(29(19)33(20(2)42)45-34(3,4)5)25-6-8-27-30-22(11-13-44-27)10-12-40-32(25)30/h6-10,12,14-17,33H,11,13,18H2,1-5H3/t33-/m1/s1. The molecule has 0 radical (unpaired) electrons. The van der Waals surface area contributed by atoms with Crippen LogP contribution in [0.1, 0.15) is 61.6 Å². The highest BCUT2D eigenvalue weighted by atomic mass is 19.4. The molecular formula is C35H32F3N3O4. The molecule has 10 heteroatoms. The summed E-state index contributed by atoms with van der Waals surface area (Å²) in [6.45, 7) is 9.36. The van der Waals surface area contributed by atoms with Crippen molar-refractivity contribution in [1.82, 2.24) is 14.5 Å². The molecule has 0 bridgehead atoms. The van der Waals surface area contributed by atoms with Gasteiger partial charge in [0.15, 0.2) is 5.78 Å². The number of carbonyl (C=O) groups is 1. The van der Waals surface area contributed by atoms with Crippen LogP contribution < -0.4 is 10.3 Å². The molecule has 0 amide bonds. The maximum Gasteiger partial charge on any atom is 0.417 e. The summed E-state index contributed by atoms with van der Waals surface area (Å²) in [5, 5.41) is 1.50. The van der Waals surface area contributed by atoms with E-state index < -0.39 is 29.0 Å². The average Bonchev–Trinajstić information content (AvgIpc) is 2.97. The van der Waals surface area contributed by atoms with Gasteiger partial charge in [-0.1, -0.05) is 0 Å². The van der Waals surface area contributed by atoms with E-state index in [4.69, 9.17) is 14.5 Å². The summed E-state index contributed by atoms with van der Waals surface area (Å²) < 4.78 is 54.2. The fourth-order valence-corrected chi connectivity index (χ4v) is 6.09. The number of pyridine rings is 3. The zero-order valence-electron chi connectivity index (χ0n) is 25.6. The summed E-state index contributed by atoms with van der Waals surface area (Å²) in [5.74, 6) is 0.514. The monoisotopic (exact) mass is 615 g/mol. The van der Waals surface area contributed by atoms with Crippen molar-refractivity contribution < 1.29 is 27.4 Å². The number of hydrogen-bond acceptors (Lipinski definition) is 6. The van der Waals surface area contributed by atoms with Crippen LogP contribution in [0.25, 0.3) is 32.9 Å². The largest absolute Gasteiger partial charge is 0.493 e. The smallest absolute Gasteiger partial charge is 0.417 e. The Labute approximate surface area is 257 Å². The Morgan fingerprint density at radius 3 is 2.58 bits per heavy atom. The molecule has 0 aliphatic carbocycles. The van der Waals surface area contributed by atoms with E-state index in [9.17, 15) is 22.8 Å². The number of alkyl halides is 3. The molecule has 1 aliphatic heterocycles. The zero-order valence-corrected chi connectivity index (χ0v) is 25.6. The van der Waals surface area contributed by atoms with Crippen LogP contribution in [0.2, 0.25) is 0 Å². The lowest BCUT2D eigenvalue weighted by Gasteiger charge is -2.30. The number of aryl methyl sites for hydroxylation is 1. The Morgan fingerprint density at radius 1 is 1.09 bits per heavy atom. The molecule has 5 aromatic rings. The number of ketones is 1. The van der Waals surface area contributed by atoms with Gasteiger partial charge in [0, 0.05) is 47.4 Å². The number of nitrogens with zero attached hydrogens (tertiary/aromatic N) is 3. The molecule has 0 N–H and O–H groups in total. The molecule has 0 fully saturated rings. The lowest BCUT2D eigenvalue weighted by atomic mass is 9.85. The van der Waals surface area contributed by atoms with Crippen LogP contribution in [0.5, 0.6) is 5.75 Å². The van der Waals surface area contributed by atoms with E-state index in [-0.39, 0.29) is 17.9 Å². The van der Waals surface area contributed by atoms with Crippen molar-refractivity contribution in [3.05, 3.63) is 99.2 Å². The Hall–Kier alpha value is -4.57.